The molecule has 0 unspecified atom stereocenters. The summed E-state index contributed by atoms with van der Waals surface area (Å²) in [5, 5.41) is 11.4. The molecular formula is C54H44N4O. The van der Waals surface area contributed by atoms with Gasteiger partial charge in [-0.1, -0.05) is 97.1 Å². The third-order valence-corrected chi connectivity index (χ3v) is 11.5. The van der Waals surface area contributed by atoms with E-state index in [1.54, 1.807) is 6.07 Å². The highest BCUT2D eigenvalue weighted by molar-refractivity contribution is 6.09. The number of nitrogens with zero attached hydrogens (tertiary/aromatic N) is 4. The van der Waals surface area contributed by atoms with E-state index in [0.717, 1.165) is 88.7 Å². The first-order valence-electron chi connectivity index (χ1n) is 20.4. The Balaban J connectivity index is 0.937. The Bertz CT molecular complexity index is 2850. The maximum atomic E-state index is 9.40. The minimum atomic E-state index is 0.584. The number of fused-ring (bicyclic) bond motifs is 3. The molecule has 5 heteroatoms. The maximum Gasteiger partial charge on any atom is 0.144 e. The van der Waals surface area contributed by atoms with E-state index in [-0.39, 0.29) is 0 Å². The molecule has 0 aliphatic heterocycles. The molecule has 0 aliphatic rings. The van der Waals surface area contributed by atoms with Crippen molar-refractivity contribution in [2.45, 2.75) is 52.4 Å². The predicted octanol–water partition coefficient (Wildman–Crippen LogP) is 12.6. The molecule has 4 heterocycles. The number of rotatable bonds is 12. The molecular weight excluding hydrogens is 721 g/mol. The van der Waals surface area contributed by atoms with Crippen LogP contribution in [-0.2, 0) is 38.5 Å². The van der Waals surface area contributed by atoms with Crippen LogP contribution in [-0.4, -0.2) is 15.0 Å². The van der Waals surface area contributed by atoms with Gasteiger partial charge in [-0.25, -0.2) is 0 Å². The Labute approximate surface area is 345 Å². The van der Waals surface area contributed by atoms with E-state index in [1.807, 2.05) is 36.5 Å². The van der Waals surface area contributed by atoms with E-state index < -0.39 is 0 Å². The van der Waals surface area contributed by atoms with E-state index in [0.29, 0.717) is 11.1 Å². The van der Waals surface area contributed by atoms with Crippen molar-refractivity contribution in [3.63, 3.8) is 0 Å². The third kappa shape index (κ3) is 8.30. The number of furan rings is 1. The van der Waals surface area contributed by atoms with Crippen LogP contribution in [0.1, 0.15) is 50.1 Å². The summed E-state index contributed by atoms with van der Waals surface area (Å²) in [6, 6.07) is 50.7. The van der Waals surface area contributed by atoms with Gasteiger partial charge >= 0.3 is 0 Å². The predicted molar refractivity (Wildman–Crippen MR) is 239 cm³/mol. The van der Waals surface area contributed by atoms with Crippen LogP contribution in [0.3, 0.4) is 0 Å². The standard InChI is InChI=1S/C54H44N4O/c1-36-26-51(43-10-5-3-6-11-43)57-34-45(36)22-18-40-28-39(29-41(30-40)19-23-46-35-58-52(27-37(46)2)44-12-7-4-8-13-44)17-16-38-21-25-50(56-33-38)49-15-9-14-48-47-24-20-42(32-55)31-53(47)59-54(48)49/h3-15,20-21,24-31,33-35H,16-19,22-23H2,1-2H3. The van der Waals surface area contributed by atoms with Crippen molar-refractivity contribution >= 4 is 21.9 Å². The summed E-state index contributed by atoms with van der Waals surface area (Å²) in [4.78, 5) is 14.6. The molecule has 0 saturated heterocycles. The zero-order valence-electron chi connectivity index (χ0n) is 33.5. The molecule has 0 aliphatic carbocycles. The van der Waals surface area contributed by atoms with Gasteiger partial charge in [0, 0.05) is 46.1 Å². The molecule has 5 aromatic carbocycles. The summed E-state index contributed by atoms with van der Waals surface area (Å²) in [6.45, 7) is 4.40. The SMILES string of the molecule is Cc1cc(-c2ccccc2)ncc1CCc1cc(CCc2ccc(-c3cccc4c3oc3cc(C#N)ccc34)nc2)cc(CCc2cnc(-c3ccccc3)cc2C)c1. The van der Waals surface area contributed by atoms with Crippen molar-refractivity contribution in [2.24, 2.45) is 0 Å². The van der Waals surface area contributed by atoms with Crippen molar-refractivity contribution in [2.75, 3.05) is 0 Å². The molecule has 0 amide bonds. The van der Waals surface area contributed by atoms with Crippen molar-refractivity contribution in [1.82, 2.24) is 15.0 Å². The Morgan fingerprint density at radius 3 is 1.58 bits per heavy atom. The number of hydrogen-bond donors (Lipinski definition) is 0. The summed E-state index contributed by atoms with van der Waals surface area (Å²) in [6.07, 6.45) is 11.7. The van der Waals surface area contributed by atoms with Gasteiger partial charge < -0.3 is 4.42 Å². The summed E-state index contributed by atoms with van der Waals surface area (Å²) < 4.78 is 6.30. The molecule has 0 atom stereocenters. The van der Waals surface area contributed by atoms with Crippen LogP contribution in [0.2, 0.25) is 0 Å². The average molecular weight is 765 g/mol. The Hall–Kier alpha value is -7.16. The molecule has 9 rings (SSSR count). The van der Waals surface area contributed by atoms with Crippen LogP contribution in [0.4, 0.5) is 0 Å². The normalized spacial score (nSPS) is 11.3. The highest BCUT2D eigenvalue weighted by atomic mass is 16.3. The number of hydrogen-bond acceptors (Lipinski definition) is 5. The highest BCUT2D eigenvalue weighted by Crippen LogP contribution is 2.35. The lowest BCUT2D eigenvalue weighted by atomic mass is 9.93. The first kappa shape index (κ1) is 37.4. The summed E-state index contributed by atoms with van der Waals surface area (Å²) in [7, 11) is 0. The van der Waals surface area contributed by atoms with Crippen LogP contribution in [0.25, 0.3) is 55.7 Å². The van der Waals surface area contributed by atoms with E-state index in [1.165, 1.54) is 44.5 Å². The van der Waals surface area contributed by atoms with E-state index in [9.17, 15) is 5.26 Å². The van der Waals surface area contributed by atoms with Crippen LogP contribution >= 0.6 is 0 Å². The van der Waals surface area contributed by atoms with Gasteiger partial charge in [0.05, 0.1) is 28.7 Å². The minimum absolute atomic E-state index is 0.584. The first-order chi connectivity index (χ1) is 29.0. The molecule has 286 valence electrons. The second-order valence-corrected chi connectivity index (χ2v) is 15.5. The lowest BCUT2D eigenvalue weighted by molar-refractivity contribution is 0.669. The molecule has 4 aromatic heterocycles. The molecule has 0 bridgehead atoms. The topological polar surface area (TPSA) is 75.6 Å². The van der Waals surface area contributed by atoms with Crippen molar-refractivity contribution in [3.05, 3.63) is 208 Å². The Morgan fingerprint density at radius 2 is 1.03 bits per heavy atom. The lowest BCUT2D eigenvalue weighted by Gasteiger charge is -2.13. The smallest absolute Gasteiger partial charge is 0.144 e. The van der Waals surface area contributed by atoms with Gasteiger partial charge in [-0.15, -0.1) is 0 Å². The maximum absolute atomic E-state index is 9.40. The first-order valence-corrected chi connectivity index (χ1v) is 20.4. The van der Waals surface area contributed by atoms with E-state index >= 15 is 0 Å². The molecule has 59 heavy (non-hydrogen) atoms. The number of aryl methyl sites for hydroxylation is 8. The molecule has 0 saturated carbocycles. The third-order valence-electron chi connectivity index (χ3n) is 11.5. The van der Waals surface area contributed by atoms with Crippen LogP contribution in [0.15, 0.2) is 163 Å². The second kappa shape index (κ2) is 16.7. The number of nitriles is 1. The van der Waals surface area contributed by atoms with Crippen molar-refractivity contribution in [1.29, 1.82) is 5.26 Å². The van der Waals surface area contributed by atoms with Crippen molar-refractivity contribution < 1.29 is 4.42 Å². The number of benzene rings is 5. The summed E-state index contributed by atoms with van der Waals surface area (Å²) >= 11 is 0. The van der Waals surface area contributed by atoms with Crippen LogP contribution < -0.4 is 0 Å². The van der Waals surface area contributed by atoms with Gasteiger partial charge in [0.2, 0.25) is 0 Å². The zero-order valence-corrected chi connectivity index (χ0v) is 33.5. The van der Waals surface area contributed by atoms with Crippen LogP contribution in [0.5, 0.6) is 0 Å². The minimum Gasteiger partial charge on any atom is -0.455 e. The quantitative estimate of drug-likeness (QED) is 0.124. The fourth-order valence-corrected chi connectivity index (χ4v) is 8.15. The van der Waals surface area contributed by atoms with Gasteiger partial charge in [-0.2, -0.15) is 5.26 Å². The molecule has 5 nitrogen and oxygen atoms in total. The van der Waals surface area contributed by atoms with Gasteiger partial charge in [0.25, 0.3) is 0 Å². The Kier molecular flexibility index (Phi) is 10.6. The van der Waals surface area contributed by atoms with Gasteiger partial charge in [0.1, 0.15) is 11.2 Å². The number of aromatic nitrogens is 3. The highest BCUT2D eigenvalue weighted by Gasteiger charge is 2.14. The Morgan fingerprint density at radius 1 is 0.475 bits per heavy atom. The monoisotopic (exact) mass is 764 g/mol. The number of pyridine rings is 3. The fourth-order valence-electron chi connectivity index (χ4n) is 8.15. The second-order valence-electron chi connectivity index (χ2n) is 15.5. The van der Waals surface area contributed by atoms with E-state index in [4.69, 9.17) is 19.4 Å². The lowest BCUT2D eigenvalue weighted by Crippen LogP contribution is -2.02. The zero-order chi connectivity index (χ0) is 40.1. The molecule has 0 radical (unpaired) electrons. The largest absolute Gasteiger partial charge is 0.455 e. The molecule has 0 spiro atoms. The molecule has 0 N–H and O–H groups in total. The summed E-state index contributed by atoms with van der Waals surface area (Å²) in [5.41, 5.74) is 18.6. The van der Waals surface area contributed by atoms with Crippen molar-refractivity contribution in [3.8, 4) is 39.8 Å². The number of para-hydroxylation sites is 1. The average Bonchev–Trinajstić information content (AvgIpc) is 3.66. The van der Waals surface area contributed by atoms with Gasteiger partial charge in [-0.3, -0.25) is 15.0 Å². The van der Waals surface area contributed by atoms with Gasteiger partial charge in [0.15, 0.2) is 0 Å². The summed E-state index contributed by atoms with van der Waals surface area (Å²) in [5.74, 6) is 0. The molecule has 0 fully saturated rings. The fraction of sp³-hybridized carbons (Fsp3) is 0.148. The van der Waals surface area contributed by atoms with Gasteiger partial charge in [-0.05, 0) is 139 Å². The van der Waals surface area contributed by atoms with E-state index in [2.05, 4.69) is 135 Å². The molecule has 9 aromatic rings. The van der Waals surface area contributed by atoms with Crippen LogP contribution in [0, 0.1) is 25.2 Å².